The van der Waals surface area contributed by atoms with Crippen molar-refractivity contribution in [2.75, 3.05) is 0 Å². The molecule has 0 aromatic carbocycles. The van der Waals surface area contributed by atoms with Crippen LogP contribution in [0.4, 0.5) is 0 Å². The van der Waals surface area contributed by atoms with Crippen LogP contribution in [0, 0.1) is 0 Å². The predicted molar refractivity (Wildman–Crippen MR) is 73.2 cm³/mol. The third kappa shape index (κ3) is 4.45. The molecule has 4 nitrogen and oxygen atoms in total. The molecule has 0 saturated heterocycles. The second-order valence-electron chi connectivity index (χ2n) is 4.73. The van der Waals surface area contributed by atoms with Gasteiger partial charge in [-0.1, -0.05) is 13.0 Å². The van der Waals surface area contributed by atoms with Crippen molar-refractivity contribution in [3.63, 3.8) is 0 Å². The van der Waals surface area contributed by atoms with Gasteiger partial charge in [-0.25, -0.2) is 0 Å². The van der Waals surface area contributed by atoms with Crippen molar-refractivity contribution >= 4 is 5.91 Å². The molecule has 1 atom stereocenters. The van der Waals surface area contributed by atoms with Crippen LogP contribution in [-0.2, 0) is 17.8 Å². The van der Waals surface area contributed by atoms with Crippen LogP contribution in [0.25, 0.3) is 0 Å². The number of aromatic nitrogens is 1. The number of nitrogens with one attached hydrogen (secondary N) is 2. The quantitative estimate of drug-likeness (QED) is 0.806. The summed E-state index contributed by atoms with van der Waals surface area (Å²) in [6, 6.07) is 3.97. The lowest BCUT2D eigenvalue weighted by Crippen LogP contribution is -2.44. The van der Waals surface area contributed by atoms with Crippen molar-refractivity contribution < 1.29 is 4.79 Å². The molecule has 0 fully saturated rings. The number of nitrogens with zero attached hydrogens (tertiary/aromatic N) is 1. The van der Waals surface area contributed by atoms with Crippen LogP contribution in [0.1, 0.15) is 39.0 Å². The topological polar surface area (TPSA) is 54.0 Å². The van der Waals surface area contributed by atoms with Gasteiger partial charge in [-0.15, -0.1) is 0 Å². The lowest BCUT2D eigenvalue weighted by atomic mass is 10.1. The monoisotopic (exact) mass is 249 g/mol. The highest BCUT2D eigenvalue weighted by molar-refractivity contribution is 5.81. The normalized spacial score (nSPS) is 12.5. The van der Waals surface area contributed by atoms with E-state index < -0.39 is 0 Å². The number of rotatable bonds is 6. The van der Waals surface area contributed by atoms with Crippen LogP contribution in [0.15, 0.2) is 18.3 Å². The molecule has 4 heteroatoms. The molecule has 0 aliphatic carbocycles. The molecular formula is C14H23N3O. The minimum atomic E-state index is -0.209. The zero-order valence-corrected chi connectivity index (χ0v) is 11.7. The van der Waals surface area contributed by atoms with Gasteiger partial charge in [0.1, 0.15) is 0 Å². The van der Waals surface area contributed by atoms with Crippen LogP contribution >= 0.6 is 0 Å². The number of carbonyl (C=O) groups is 1. The van der Waals surface area contributed by atoms with Gasteiger partial charge in [-0.2, -0.15) is 0 Å². The summed E-state index contributed by atoms with van der Waals surface area (Å²) >= 11 is 0. The first kappa shape index (κ1) is 14.6. The van der Waals surface area contributed by atoms with Crippen LogP contribution < -0.4 is 10.6 Å². The van der Waals surface area contributed by atoms with Gasteiger partial charge in [-0.05, 0) is 38.8 Å². The second-order valence-corrected chi connectivity index (χ2v) is 4.73. The predicted octanol–water partition coefficient (Wildman–Crippen LogP) is 1.65. The lowest BCUT2D eigenvalue weighted by Gasteiger charge is -2.16. The Kier molecular flexibility index (Phi) is 5.78. The van der Waals surface area contributed by atoms with Crippen LogP contribution in [0.5, 0.6) is 0 Å². The minimum absolute atomic E-state index is 0.0268. The van der Waals surface area contributed by atoms with E-state index in [-0.39, 0.29) is 18.0 Å². The van der Waals surface area contributed by atoms with Crippen molar-refractivity contribution in [1.29, 1.82) is 0 Å². The van der Waals surface area contributed by atoms with Gasteiger partial charge in [0.15, 0.2) is 0 Å². The first-order valence-electron chi connectivity index (χ1n) is 6.51. The molecular weight excluding hydrogens is 226 g/mol. The maximum Gasteiger partial charge on any atom is 0.237 e. The Labute approximate surface area is 109 Å². The zero-order chi connectivity index (χ0) is 13.5. The lowest BCUT2D eigenvalue weighted by molar-refractivity contribution is -0.123. The highest BCUT2D eigenvalue weighted by atomic mass is 16.2. The molecule has 0 aliphatic heterocycles. The molecule has 1 heterocycles. The van der Waals surface area contributed by atoms with E-state index in [2.05, 4.69) is 28.6 Å². The molecule has 18 heavy (non-hydrogen) atoms. The van der Waals surface area contributed by atoms with Crippen LogP contribution in [0.2, 0.25) is 0 Å². The van der Waals surface area contributed by atoms with Gasteiger partial charge in [-0.3, -0.25) is 9.78 Å². The Bertz CT molecular complexity index is 390. The number of hydrogen-bond acceptors (Lipinski definition) is 3. The summed E-state index contributed by atoms with van der Waals surface area (Å²) in [5, 5.41) is 6.09. The smallest absolute Gasteiger partial charge is 0.237 e. The molecule has 2 N–H and O–H groups in total. The van der Waals surface area contributed by atoms with E-state index in [9.17, 15) is 4.79 Å². The Balaban J connectivity index is 2.51. The average Bonchev–Trinajstić information content (AvgIpc) is 2.35. The minimum Gasteiger partial charge on any atom is -0.353 e. The Hall–Kier alpha value is -1.42. The van der Waals surface area contributed by atoms with E-state index in [1.807, 2.05) is 26.8 Å². The molecule has 1 rings (SSSR count). The molecule has 1 aromatic rings. The van der Waals surface area contributed by atoms with E-state index in [1.165, 1.54) is 5.56 Å². The second kappa shape index (κ2) is 7.11. The summed E-state index contributed by atoms with van der Waals surface area (Å²) in [5.74, 6) is 0.0268. The van der Waals surface area contributed by atoms with Crippen molar-refractivity contribution in [1.82, 2.24) is 15.6 Å². The van der Waals surface area contributed by atoms with Gasteiger partial charge in [0.05, 0.1) is 11.7 Å². The fraction of sp³-hybridized carbons (Fsp3) is 0.571. The van der Waals surface area contributed by atoms with E-state index in [1.54, 1.807) is 6.20 Å². The van der Waals surface area contributed by atoms with E-state index in [4.69, 9.17) is 0 Å². The molecule has 100 valence electrons. The van der Waals surface area contributed by atoms with Crippen LogP contribution in [0.3, 0.4) is 0 Å². The van der Waals surface area contributed by atoms with Gasteiger partial charge < -0.3 is 10.6 Å². The molecule has 1 amide bonds. The molecule has 0 radical (unpaired) electrons. The number of carbonyl (C=O) groups excluding carboxylic acids is 1. The molecule has 1 aromatic heterocycles. The summed E-state index contributed by atoms with van der Waals surface area (Å²) in [5.41, 5.74) is 2.24. The highest BCUT2D eigenvalue weighted by Crippen LogP contribution is 2.05. The summed E-state index contributed by atoms with van der Waals surface area (Å²) in [7, 11) is 0. The standard InChI is InChI=1S/C14H23N3O/c1-5-12-7-6-8-15-13(12)9-16-11(4)14(18)17-10(2)3/h6-8,10-11,16H,5,9H2,1-4H3,(H,17,18). The number of pyridine rings is 1. The number of aryl methyl sites for hydroxylation is 1. The maximum atomic E-state index is 11.7. The Morgan fingerprint density at radius 3 is 2.72 bits per heavy atom. The largest absolute Gasteiger partial charge is 0.353 e. The maximum absolute atomic E-state index is 11.7. The first-order chi connectivity index (χ1) is 8.54. The molecule has 0 saturated carbocycles. The summed E-state index contributed by atoms with van der Waals surface area (Å²) in [6.07, 6.45) is 2.74. The van der Waals surface area contributed by atoms with Crippen molar-refractivity contribution in [3.8, 4) is 0 Å². The van der Waals surface area contributed by atoms with E-state index in [0.717, 1.165) is 12.1 Å². The molecule has 1 unspecified atom stereocenters. The molecule has 0 spiro atoms. The fourth-order valence-corrected chi connectivity index (χ4v) is 1.70. The SMILES string of the molecule is CCc1cccnc1CNC(C)C(=O)NC(C)C. The van der Waals surface area contributed by atoms with E-state index >= 15 is 0 Å². The van der Waals surface area contributed by atoms with Crippen molar-refractivity contribution in [3.05, 3.63) is 29.6 Å². The zero-order valence-electron chi connectivity index (χ0n) is 11.7. The van der Waals surface area contributed by atoms with Crippen molar-refractivity contribution in [2.45, 2.75) is 52.7 Å². The summed E-state index contributed by atoms with van der Waals surface area (Å²) in [6.45, 7) is 8.51. The first-order valence-corrected chi connectivity index (χ1v) is 6.51. The average molecular weight is 249 g/mol. The van der Waals surface area contributed by atoms with Gasteiger partial charge in [0.2, 0.25) is 5.91 Å². The number of hydrogen-bond donors (Lipinski definition) is 2. The number of amides is 1. The highest BCUT2D eigenvalue weighted by Gasteiger charge is 2.13. The fourth-order valence-electron chi connectivity index (χ4n) is 1.70. The van der Waals surface area contributed by atoms with Crippen LogP contribution in [-0.4, -0.2) is 23.0 Å². The van der Waals surface area contributed by atoms with Gasteiger partial charge in [0.25, 0.3) is 0 Å². The third-order valence-corrected chi connectivity index (χ3v) is 2.77. The molecule has 0 aliphatic rings. The van der Waals surface area contributed by atoms with Gasteiger partial charge >= 0.3 is 0 Å². The Morgan fingerprint density at radius 2 is 2.11 bits per heavy atom. The Morgan fingerprint density at radius 1 is 1.39 bits per heavy atom. The third-order valence-electron chi connectivity index (χ3n) is 2.77. The van der Waals surface area contributed by atoms with Gasteiger partial charge in [0, 0.05) is 18.8 Å². The molecule has 0 bridgehead atoms. The summed E-state index contributed by atoms with van der Waals surface area (Å²) < 4.78 is 0. The van der Waals surface area contributed by atoms with E-state index in [0.29, 0.717) is 6.54 Å². The van der Waals surface area contributed by atoms with Crippen molar-refractivity contribution in [2.24, 2.45) is 0 Å². The summed E-state index contributed by atoms with van der Waals surface area (Å²) in [4.78, 5) is 16.1.